The molecule has 174 valence electrons. The molecule has 0 fully saturated rings. The Balaban J connectivity index is 1.60. The number of fused-ring (bicyclic) bond motifs is 1. The quantitative estimate of drug-likeness (QED) is 0.727. The molecule has 0 unspecified atom stereocenters. The average molecular weight is 479 g/mol. The number of carbonyl (C=O) groups excluding carboxylic acids is 1. The number of alkyl halides is 3. The fourth-order valence-electron chi connectivity index (χ4n) is 3.67. The van der Waals surface area contributed by atoms with Gasteiger partial charge >= 0.3 is 6.18 Å². The third kappa shape index (κ3) is 4.70. The molecular formula is C21H20F3N5O3S. The van der Waals surface area contributed by atoms with Gasteiger partial charge in [0.15, 0.2) is 5.84 Å². The van der Waals surface area contributed by atoms with E-state index in [4.69, 9.17) is 0 Å². The maximum atomic E-state index is 13.8. The third-order valence-electron chi connectivity index (χ3n) is 5.19. The lowest BCUT2D eigenvalue weighted by atomic mass is 10.0. The molecule has 1 aromatic carbocycles. The Morgan fingerprint density at radius 3 is 2.64 bits per heavy atom. The zero-order valence-corrected chi connectivity index (χ0v) is 18.5. The molecule has 12 heteroatoms. The highest BCUT2D eigenvalue weighted by atomic mass is 32.2. The van der Waals surface area contributed by atoms with Crippen molar-refractivity contribution in [3.8, 4) is 5.69 Å². The second-order valence-corrected chi connectivity index (χ2v) is 9.43. The van der Waals surface area contributed by atoms with Crippen molar-refractivity contribution >= 4 is 21.8 Å². The van der Waals surface area contributed by atoms with E-state index >= 15 is 0 Å². The molecule has 1 N–H and O–H groups in total. The van der Waals surface area contributed by atoms with Crippen LogP contribution in [-0.2, 0) is 27.5 Å². The van der Waals surface area contributed by atoms with Gasteiger partial charge in [0.25, 0.3) is 15.9 Å². The molecule has 3 heterocycles. The maximum Gasteiger partial charge on any atom is 0.416 e. The van der Waals surface area contributed by atoms with Gasteiger partial charge in [0.05, 0.1) is 28.3 Å². The summed E-state index contributed by atoms with van der Waals surface area (Å²) in [5.74, 6) is -0.958. The lowest BCUT2D eigenvalue weighted by molar-refractivity contribution is -0.138. The molecule has 0 radical (unpaired) electrons. The first-order valence-corrected chi connectivity index (χ1v) is 11.6. The van der Waals surface area contributed by atoms with E-state index in [-0.39, 0.29) is 35.0 Å². The van der Waals surface area contributed by atoms with E-state index in [2.05, 4.69) is 14.8 Å². The molecule has 0 saturated carbocycles. The highest BCUT2D eigenvalue weighted by molar-refractivity contribution is 7.90. The van der Waals surface area contributed by atoms with Gasteiger partial charge in [-0.05, 0) is 49.8 Å². The van der Waals surface area contributed by atoms with E-state index in [1.165, 1.54) is 27.8 Å². The van der Waals surface area contributed by atoms with Gasteiger partial charge in [-0.25, -0.2) is 13.1 Å². The van der Waals surface area contributed by atoms with Crippen molar-refractivity contribution in [1.29, 1.82) is 0 Å². The van der Waals surface area contributed by atoms with E-state index in [1.54, 1.807) is 32.2 Å². The Morgan fingerprint density at radius 1 is 1.21 bits per heavy atom. The number of nitrogens with zero attached hydrogens (tertiary/aromatic N) is 4. The molecule has 1 aromatic heterocycles. The SMILES string of the molecule is Cc1cc(C)n(-c2ccc(CNC(=O)C3=CC=CN4CCS(=O)(=O)N=C34)c(C(F)(F)F)c2)n1. The van der Waals surface area contributed by atoms with Gasteiger partial charge in [0.1, 0.15) is 0 Å². The Kier molecular flexibility index (Phi) is 5.64. The number of aryl methyl sites for hydroxylation is 2. The van der Waals surface area contributed by atoms with E-state index in [9.17, 15) is 26.4 Å². The summed E-state index contributed by atoms with van der Waals surface area (Å²) in [7, 11) is -3.71. The minimum absolute atomic E-state index is 0.0337. The molecule has 2 aromatic rings. The van der Waals surface area contributed by atoms with E-state index in [0.29, 0.717) is 11.4 Å². The summed E-state index contributed by atoms with van der Waals surface area (Å²) < 4.78 is 70.1. The lowest BCUT2D eigenvalue weighted by Gasteiger charge is -2.28. The van der Waals surface area contributed by atoms with Gasteiger partial charge in [-0.3, -0.25) is 4.79 Å². The van der Waals surface area contributed by atoms with Gasteiger partial charge in [-0.15, -0.1) is 4.40 Å². The topological polar surface area (TPSA) is 96.7 Å². The predicted molar refractivity (Wildman–Crippen MR) is 115 cm³/mol. The molecule has 2 aliphatic rings. The van der Waals surface area contributed by atoms with Gasteiger partial charge < -0.3 is 10.2 Å². The second-order valence-electron chi connectivity index (χ2n) is 7.68. The second kappa shape index (κ2) is 8.18. The van der Waals surface area contributed by atoms with Crippen LogP contribution in [0.3, 0.4) is 0 Å². The molecule has 8 nitrogen and oxygen atoms in total. The smallest absolute Gasteiger partial charge is 0.348 e. The van der Waals surface area contributed by atoms with Crippen LogP contribution >= 0.6 is 0 Å². The molecule has 33 heavy (non-hydrogen) atoms. The van der Waals surface area contributed by atoms with Gasteiger partial charge in [0, 0.05) is 25.0 Å². The Morgan fingerprint density at radius 2 is 1.97 bits per heavy atom. The number of allylic oxidation sites excluding steroid dienone is 2. The van der Waals surface area contributed by atoms with Crippen LogP contribution in [0.5, 0.6) is 0 Å². The van der Waals surface area contributed by atoms with Crippen LogP contribution in [0.2, 0.25) is 0 Å². The minimum atomic E-state index is -4.66. The first-order chi connectivity index (χ1) is 15.4. The van der Waals surface area contributed by atoms with Crippen molar-refractivity contribution in [3.63, 3.8) is 0 Å². The normalized spacial score (nSPS) is 17.3. The third-order valence-corrected chi connectivity index (χ3v) is 6.34. The van der Waals surface area contributed by atoms with Gasteiger partial charge in [-0.1, -0.05) is 6.07 Å². The molecule has 1 amide bonds. The molecule has 0 saturated heterocycles. The largest absolute Gasteiger partial charge is 0.416 e. The summed E-state index contributed by atoms with van der Waals surface area (Å²) in [4.78, 5) is 14.2. The molecule has 0 spiro atoms. The monoisotopic (exact) mass is 479 g/mol. The summed E-state index contributed by atoms with van der Waals surface area (Å²) in [5.41, 5.74) is 0.544. The van der Waals surface area contributed by atoms with Gasteiger partial charge in [-0.2, -0.15) is 18.3 Å². The van der Waals surface area contributed by atoms with Crippen LogP contribution in [0.4, 0.5) is 13.2 Å². The van der Waals surface area contributed by atoms with Crippen LogP contribution in [0.25, 0.3) is 5.69 Å². The highest BCUT2D eigenvalue weighted by Gasteiger charge is 2.34. The Labute approximate surface area is 188 Å². The van der Waals surface area contributed by atoms with Crippen molar-refractivity contribution in [3.05, 3.63) is 70.7 Å². The van der Waals surface area contributed by atoms with Crippen LogP contribution in [-0.4, -0.2) is 47.1 Å². The number of amidine groups is 1. The lowest BCUT2D eigenvalue weighted by Crippen LogP contribution is -2.42. The van der Waals surface area contributed by atoms with E-state index in [1.807, 2.05) is 0 Å². The average Bonchev–Trinajstić information content (AvgIpc) is 3.08. The molecule has 4 rings (SSSR count). The van der Waals surface area contributed by atoms with Crippen molar-refractivity contribution in [1.82, 2.24) is 20.0 Å². The summed E-state index contributed by atoms with van der Waals surface area (Å²) in [6.45, 7) is 3.21. The number of benzene rings is 1. The molecular weight excluding hydrogens is 459 g/mol. The first-order valence-electron chi connectivity index (χ1n) is 9.95. The Bertz CT molecular complexity index is 1320. The number of carbonyl (C=O) groups is 1. The fraction of sp³-hybridized carbons (Fsp3) is 0.286. The number of rotatable bonds is 4. The number of sulfonamides is 1. The number of nitrogens with one attached hydrogen (secondary N) is 1. The zero-order chi connectivity index (χ0) is 24.0. The van der Waals surface area contributed by atoms with E-state index in [0.717, 1.165) is 6.07 Å². The number of hydrogen-bond acceptors (Lipinski definition) is 5. The summed E-state index contributed by atoms with van der Waals surface area (Å²) in [6.07, 6.45) is -0.139. The Hall–Kier alpha value is -3.41. The summed E-state index contributed by atoms with van der Waals surface area (Å²) in [5, 5.41) is 6.67. The molecule has 0 atom stereocenters. The summed E-state index contributed by atoms with van der Waals surface area (Å²) >= 11 is 0. The molecule has 2 aliphatic heterocycles. The van der Waals surface area contributed by atoms with Crippen LogP contribution in [0, 0.1) is 13.8 Å². The maximum absolute atomic E-state index is 13.8. The zero-order valence-electron chi connectivity index (χ0n) is 17.7. The van der Waals surface area contributed by atoms with Crippen molar-refractivity contribution in [2.75, 3.05) is 12.3 Å². The van der Waals surface area contributed by atoms with Crippen LogP contribution in [0.15, 0.2) is 52.6 Å². The predicted octanol–water partition coefficient (Wildman–Crippen LogP) is 2.62. The standard InChI is InChI=1S/C21H20F3N5O3S/c1-13-10-14(2)29(26-13)16-6-5-15(18(11-16)21(22,23)24)12-25-20(30)17-4-3-7-28-8-9-33(31,32)27-19(17)28/h3-7,10-11H,8-9,12H2,1-2H3,(H,25,30). The summed E-state index contributed by atoms with van der Waals surface area (Å²) in [6, 6.07) is 5.53. The van der Waals surface area contributed by atoms with Crippen molar-refractivity contribution in [2.24, 2.45) is 4.40 Å². The number of halogens is 3. The number of amides is 1. The van der Waals surface area contributed by atoms with Crippen molar-refractivity contribution < 1.29 is 26.4 Å². The van der Waals surface area contributed by atoms with Gasteiger partial charge in [0.2, 0.25) is 0 Å². The van der Waals surface area contributed by atoms with Crippen LogP contribution in [0.1, 0.15) is 22.5 Å². The highest BCUT2D eigenvalue weighted by Crippen LogP contribution is 2.34. The first kappa shape index (κ1) is 22.8. The number of hydrogen-bond donors (Lipinski definition) is 1. The fourth-order valence-corrected chi connectivity index (χ4v) is 4.65. The molecule has 0 bridgehead atoms. The van der Waals surface area contributed by atoms with Crippen molar-refractivity contribution in [2.45, 2.75) is 26.6 Å². The van der Waals surface area contributed by atoms with E-state index < -0.39 is 34.2 Å². The van der Waals surface area contributed by atoms with Crippen LogP contribution < -0.4 is 5.32 Å². The molecule has 0 aliphatic carbocycles. The number of aromatic nitrogens is 2. The minimum Gasteiger partial charge on any atom is -0.348 e.